The van der Waals surface area contributed by atoms with Crippen molar-refractivity contribution in [3.05, 3.63) is 64.7 Å². The summed E-state index contributed by atoms with van der Waals surface area (Å²) in [4.78, 5) is 0. The fraction of sp³-hybridized carbons (Fsp3) is 0.278. The van der Waals surface area contributed by atoms with Crippen molar-refractivity contribution >= 4 is 17.3 Å². The highest BCUT2D eigenvalue weighted by atomic mass is 35.5. The summed E-state index contributed by atoms with van der Waals surface area (Å²) < 4.78 is 6.10. The second-order valence-corrected chi connectivity index (χ2v) is 6.11. The van der Waals surface area contributed by atoms with Crippen molar-refractivity contribution < 1.29 is 4.74 Å². The van der Waals surface area contributed by atoms with E-state index in [-0.39, 0.29) is 12.3 Å². The van der Waals surface area contributed by atoms with E-state index in [9.17, 15) is 0 Å². The molecule has 4 heteroatoms. The van der Waals surface area contributed by atoms with Crippen LogP contribution in [0.15, 0.2) is 53.6 Å². The minimum atomic E-state index is 0.00435. The van der Waals surface area contributed by atoms with Gasteiger partial charge < -0.3 is 4.74 Å². The number of rotatable bonds is 2. The molecule has 0 spiro atoms. The Hall–Kier alpha value is -2.00. The lowest BCUT2D eigenvalue weighted by molar-refractivity contribution is -0.0188. The zero-order valence-corrected chi connectivity index (χ0v) is 13.1. The SMILES string of the molecule is CC[C@H]1Oc2ccccc2[C@H]2CC(c3ccc(Cl)cc3)=NN21. The first-order valence-corrected chi connectivity index (χ1v) is 8.01. The fourth-order valence-corrected chi connectivity index (χ4v) is 3.32. The van der Waals surface area contributed by atoms with Crippen LogP contribution in [-0.4, -0.2) is 16.9 Å². The Morgan fingerprint density at radius 1 is 1.18 bits per heavy atom. The average molecular weight is 313 g/mol. The monoisotopic (exact) mass is 312 g/mol. The van der Waals surface area contributed by atoms with Gasteiger partial charge in [0.1, 0.15) is 5.75 Å². The molecule has 2 aliphatic heterocycles. The molecule has 0 saturated carbocycles. The van der Waals surface area contributed by atoms with Gasteiger partial charge >= 0.3 is 0 Å². The molecule has 2 aliphatic rings. The lowest BCUT2D eigenvalue weighted by Gasteiger charge is -2.37. The maximum atomic E-state index is 6.10. The second-order valence-electron chi connectivity index (χ2n) is 5.67. The van der Waals surface area contributed by atoms with Gasteiger partial charge in [-0.2, -0.15) is 5.10 Å². The number of hydrogen-bond acceptors (Lipinski definition) is 3. The van der Waals surface area contributed by atoms with Crippen molar-refractivity contribution in [1.29, 1.82) is 0 Å². The maximum Gasteiger partial charge on any atom is 0.187 e. The zero-order valence-electron chi connectivity index (χ0n) is 12.4. The van der Waals surface area contributed by atoms with E-state index in [1.54, 1.807) is 0 Å². The fourth-order valence-electron chi connectivity index (χ4n) is 3.20. The first-order valence-electron chi connectivity index (χ1n) is 7.63. The molecule has 0 radical (unpaired) electrons. The Balaban J connectivity index is 1.72. The molecule has 2 aromatic rings. The minimum Gasteiger partial charge on any atom is -0.469 e. The minimum absolute atomic E-state index is 0.00435. The second kappa shape index (κ2) is 5.33. The van der Waals surface area contributed by atoms with Crippen LogP contribution in [0.3, 0.4) is 0 Å². The molecular formula is C18H17ClN2O. The van der Waals surface area contributed by atoms with Crippen LogP contribution in [0.2, 0.25) is 5.02 Å². The number of halogens is 1. The molecule has 2 aromatic carbocycles. The number of hydrazone groups is 1. The topological polar surface area (TPSA) is 24.8 Å². The Morgan fingerprint density at radius 2 is 1.95 bits per heavy atom. The summed E-state index contributed by atoms with van der Waals surface area (Å²) in [7, 11) is 0. The number of benzene rings is 2. The van der Waals surface area contributed by atoms with Gasteiger partial charge in [-0.05, 0) is 23.8 Å². The quantitative estimate of drug-likeness (QED) is 0.808. The van der Waals surface area contributed by atoms with Crippen molar-refractivity contribution in [1.82, 2.24) is 5.01 Å². The van der Waals surface area contributed by atoms with E-state index in [4.69, 9.17) is 21.4 Å². The summed E-state index contributed by atoms with van der Waals surface area (Å²) >= 11 is 5.98. The summed E-state index contributed by atoms with van der Waals surface area (Å²) in [5, 5.41) is 7.71. The van der Waals surface area contributed by atoms with Crippen molar-refractivity contribution in [2.45, 2.75) is 32.0 Å². The van der Waals surface area contributed by atoms with Gasteiger partial charge in [0.15, 0.2) is 6.23 Å². The van der Waals surface area contributed by atoms with E-state index in [1.807, 2.05) is 30.3 Å². The highest BCUT2D eigenvalue weighted by Gasteiger charge is 2.39. The summed E-state index contributed by atoms with van der Waals surface area (Å²) in [6, 6.07) is 16.4. The molecule has 0 unspecified atom stereocenters. The molecular weight excluding hydrogens is 296 g/mol. The predicted molar refractivity (Wildman–Crippen MR) is 88.3 cm³/mol. The Bertz CT molecular complexity index is 726. The normalized spacial score (nSPS) is 22.6. The van der Waals surface area contributed by atoms with Crippen molar-refractivity contribution in [2.24, 2.45) is 5.10 Å². The Labute approximate surface area is 135 Å². The molecule has 2 heterocycles. The van der Waals surface area contributed by atoms with Crippen LogP contribution in [0, 0.1) is 0 Å². The van der Waals surface area contributed by atoms with E-state index >= 15 is 0 Å². The van der Waals surface area contributed by atoms with E-state index < -0.39 is 0 Å². The number of nitrogens with zero attached hydrogens (tertiary/aromatic N) is 2. The molecule has 22 heavy (non-hydrogen) atoms. The standard InChI is InChI=1S/C18H17ClN2O/c1-2-18-21-16(14-5-3-4-6-17(14)22-18)11-15(20-21)12-7-9-13(19)10-8-12/h3-10,16,18H,2,11H2,1H3/t16-,18-/m1/s1. The van der Waals surface area contributed by atoms with Gasteiger partial charge in [-0.3, -0.25) is 5.01 Å². The molecule has 0 aromatic heterocycles. The Morgan fingerprint density at radius 3 is 2.73 bits per heavy atom. The largest absolute Gasteiger partial charge is 0.469 e. The van der Waals surface area contributed by atoms with Gasteiger partial charge in [0.2, 0.25) is 0 Å². The van der Waals surface area contributed by atoms with E-state index in [2.05, 4.69) is 30.1 Å². The lowest BCUT2D eigenvalue weighted by Crippen LogP contribution is -2.39. The van der Waals surface area contributed by atoms with Crippen LogP contribution in [0.1, 0.15) is 36.9 Å². The third kappa shape index (κ3) is 2.17. The molecule has 112 valence electrons. The van der Waals surface area contributed by atoms with Crippen LogP contribution in [-0.2, 0) is 0 Å². The first-order chi connectivity index (χ1) is 10.8. The molecule has 0 N–H and O–H groups in total. The smallest absolute Gasteiger partial charge is 0.187 e. The number of ether oxygens (including phenoxy) is 1. The van der Waals surface area contributed by atoms with Gasteiger partial charge in [0.25, 0.3) is 0 Å². The van der Waals surface area contributed by atoms with Gasteiger partial charge in [-0.25, -0.2) is 0 Å². The van der Waals surface area contributed by atoms with Gasteiger partial charge in [0, 0.05) is 23.4 Å². The molecule has 0 aliphatic carbocycles. The third-order valence-electron chi connectivity index (χ3n) is 4.30. The van der Waals surface area contributed by atoms with E-state index in [0.717, 1.165) is 34.9 Å². The third-order valence-corrected chi connectivity index (χ3v) is 4.56. The van der Waals surface area contributed by atoms with E-state index in [1.165, 1.54) is 5.56 Å². The molecule has 0 amide bonds. The summed E-state index contributed by atoms with van der Waals surface area (Å²) in [5.41, 5.74) is 3.45. The van der Waals surface area contributed by atoms with Gasteiger partial charge in [-0.15, -0.1) is 0 Å². The van der Waals surface area contributed by atoms with Gasteiger partial charge in [0.05, 0.1) is 11.8 Å². The number of hydrogen-bond donors (Lipinski definition) is 0. The summed E-state index contributed by atoms with van der Waals surface area (Å²) in [6.07, 6.45) is 1.81. The number of fused-ring (bicyclic) bond motifs is 3. The first kappa shape index (κ1) is 13.6. The maximum absolute atomic E-state index is 6.10. The summed E-state index contributed by atoms with van der Waals surface area (Å²) in [6.45, 7) is 2.13. The van der Waals surface area contributed by atoms with E-state index in [0.29, 0.717) is 0 Å². The highest BCUT2D eigenvalue weighted by molar-refractivity contribution is 6.30. The molecule has 2 atom stereocenters. The molecule has 4 rings (SSSR count). The van der Waals surface area contributed by atoms with Crippen LogP contribution < -0.4 is 4.74 Å². The van der Waals surface area contributed by atoms with Gasteiger partial charge in [-0.1, -0.05) is 48.9 Å². The lowest BCUT2D eigenvalue weighted by atomic mass is 9.96. The van der Waals surface area contributed by atoms with Crippen LogP contribution in [0.25, 0.3) is 0 Å². The van der Waals surface area contributed by atoms with Crippen LogP contribution in [0.4, 0.5) is 0 Å². The molecule has 0 fully saturated rings. The highest BCUT2D eigenvalue weighted by Crippen LogP contribution is 2.43. The van der Waals surface area contributed by atoms with Crippen LogP contribution >= 0.6 is 11.6 Å². The average Bonchev–Trinajstić information content (AvgIpc) is 3.00. The number of para-hydroxylation sites is 1. The zero-order chi connectivity index (χ0) is 15.1. The van der Waals surface area contributed by atoms with Crippen molar-refractivity contribution in [3.63, 3.8) is 0 Å². The van der Waals surface area contributed by atoms with Crippen molar-refractivity contribution in [3.8, 4) is 5.75 Å². The summed E-state index contributed by atoms with van der Waals surface area (Å²) in [5.74, 6) is 0.989. The van der Waals surface area contributed by atoms with Crippen molar-refractivity contribution in [2.75, 3.05) is 0 Å². The molecule has 3 nitrogen and oxygen atoms in total. The Kier molecular flexibility index (Phi) is 3.30. The predicted octanol–water partition coefficient (Wildman–Crippen LogP) is 4.62. The molecule has 0 bridgehead atoms. The molecule has 0 saturated heterocycles. The van der Waals surface area contributed by atoms with Crippen LogP contribution in [0.5, 0.6) is 5.75 Å².